The third-order valence-corrected chi connectivity index (χ3v) is 3.75. The first-order chi connectivity index (χ1) is 15.1. The monoisotopic (exact) mass is 447 g/mol. The van der Waals surface area contributed by atoms with Crippen LogP contribution in [0.4, 0.5) is 0 Å². The molecule has 0 bridgehead atoms. The lowest BCUT2D eigenvalue weighted by Gasteiger charge is -2.13. The van der Waals surface area contributed by atoms with Gasteiger partial charge < -0.3 is 33.2 Å². The molecule has 31 heavy (non-hydrogen) atoms. The van der Waals surface area contributed by atoms with Crippen LogP contribution in [0.3, 0.4) is 0 Å². The van der Waals surface area contributed by atoms with Crippen molar-refractivity contribution in [3.8, 4) is 0 Å². The van der Waals surface area contributed by atoms with Gasteiger partial charge in [0.2, 0.25) is 0 Å². The third kappa shape index (κ3) is 15.5. The lowest BCUT2D eigenvalue weighted by Crippen LogP contribution is -2.33. The molecule has 0 aromatic heterocycles. The summed E-state index contributed by atoms with van der Waals surface area (Å²) in [7, 11) is 0. The van der Waals surface area contributed by atoms with Crippen molar-refractivity contribution in [3.05, 3.63) is 12.2 Å². The van der Waals surface area contributed by atoms with Gasteiger partial charge >= 0.3 is 5.97 Å². The molecule has 11 heteroatoms. The summed E-state index contributed by atoms with van der Waals surface area (Å²) < 4.78 is 36.7. The average molecular weight is 447 g/mol. The summed E-state index contributed by atoms with van der Waals surface area (Å²) in [6.07, 6.45) is 2.50. The van der Waals surface area contributed by atoms with E-state index >= 15 is 0 Å². The summed E-state index contributed by atoms with van der Waals surface area (Å²) in [5, 5.41) is 0. The maximum Gasteiger partial charge on any atom is 0.302 e. The van der Waals surface area contributed by atoms with Gasteiger partial charge in [-0.15, -0.1) is 0 Å². The molecule has 178 valence electrons. The number of rotatable bonds is 21. The van der Waals surface area contributed by atoms with E-state index in [1.165, 1.54) is 19.1 Å². The van der Waals surface area contributed by atoms with Gasteiger partial charge in [-0.05, 0) is 0 Å². The van der Waals surface area contributed by atoms with Crippen LogP contribution in [0.2, 0.25) is 0 Å². The van der Waals surface area contributed by atoms with Gasteiger partial charge in [0.1, 0.15) is 6.61 Å². The van der Waals surface area contributed by atoms with Gasteiger partial charge in [-0.2, -0.15) is 0 Å². The average Bonchev–Trinajstić information content (AvgIpc) is 3.06. The second kappa shape index (κ2) is 18.8. The number of ether oxygens (including phenoxy) is 7. The highest BCUT2D eigenvalue weighted by molar-refractivity contribution is 6.12. The molecule has 0 saturated carbocycles. The Hall–Kier alpha value is -1.89. The van der Waals surface area contributed by atoms with E-state index < -0.39 is 0 Å². The predicted molar refractivity (Wildman–Crippen MR) is 107 cm³/mol. The Kier molecular flexibility index (Phi) is 16.5. The van der Waals surface area contributed by atoms with Gasteiger partial charge in [0, 0.05) is 19.1 Å². The summed E-state index contributed by atoms with van der Waals surface area (Å²) in [5.74, 6) is -0.934. The van der Waals surface area contributed by atoms with Crippen LogP contribution in [0, 0.1) is 0 Å². The highest BCUT2D eigenvalue weighted by Crippen LogP contribution is 2.02. The van der Waals surface area contributed by atoms with Crippen molar-refractivity contribution >= 4 is 17.8 Å². The largest absolute Gasteiger partial charge is 0.463 e. The van der Waals surface area contributed by atoms with Crippen LogP contribution in [0.25, 0.3) is 0 Å². The topological polar surface area (TPSA) is 119 Å². The minimum absolute atomic E-state index is 0.240. The molecule has 0 fully saturated rings. The molecule has 0 aromatic rings. The van der Waals surface area contributed by atoms with E-state index in [0.29, 0.717) is 72.7 Å². The van der Waals surface area contributed by atoms with Crippen molar-refractivity contribution < 1.29 is 47.5 Å². The smallest absolute Gasteiger partial charge is 0.302 e. The van der Waals surface area contributed by atoms with Gasteiger partial charge in [-0.3, -0.25) is 19.3 Å². The molecule has 1 rings (SSSR count). The maximum absolute atomic E-state index is 11.3. The zero-order valence-electron chi connectivity index (χ0n) is 18.1. The first-order valence-corrected chi connectivity index (χ1v) is 10.2. The van der Waals surface area contributed by atoms with Gasteiger partial charge in [-0.25, -0.2) is 0 Å². The van der Waals surface area contributed by atoms with Crippen LogP contribution in [0.15, 0.2) is 12.2 Å². The Bertz CT molecular complexity index is 522. The number of amides is 2. The van der Waals surface area contributed by atoms with Gasteiger partial charge in [0.15, 0.2) is 0 Å². The normalized spacial score (nSPS) is 13.4. The minimum Gasteiger partial charge on any atom is -0.463 e. The van der Waals surface area contributed by atoms with Gasteiger partial charge in [-0.1, -0.05) is 0 Å². The maximum atomic E-state index is 11.3. The first kappa shape index (κ1) is 27.1. The minimum atomic E-state index is -0.319. The summed E-state index contributed by atoms with van der Waals surface area (Å²) in [6.45, 7) is 6.91. The summed E-state index contributed by atoms with van der Waals surface area (Å²) in [5.41, 5.74) is 0. The molecule has 0 saturated heterocycles. The van der Waals surface area contributed by atoms with Crippen molar-refractivity contribution in [2.45, 2.75) is 6.92 Å². The van der Waals surface area contributed by atoms with Gasteiger partial charge in [0.05, 0.1) is 85.8 Å². The highest BCUT2D eigenvalue weighted by atomic mass is 16.6. The van der Waals surface area contributed by atoms with E-state index in [1.807, 2.05) is 0 Å². The number of carbonyl (C=O) groups is 3. The zero-order valence-corrected chi connectivity index (χ0v) is 18.1. The lowest BCUT2D eigenvalue weighted by atomic mass is 10.5. The van der Waals surface area contributed by atoms with Crippen LogP contribution in [-0.2, 0) is 47.5 Å². The molecule has 0 unspecified atom stereocenters. The van der Waals surface area contributed by atoms with Crippen molar-refractivity contribution in [2.75, 3.05) is 92.4 Å². The quantitative estimate of drug-likeness (QED) is 0.130. The molecule has 1 aliphatic rings. The second-order valence-corrected chi connectivity index (χ2v) is 6.18. The van der Waals surface area contributed by atoms with E-state index in [0.717, 1.165) is 4.90 Å². The van der Waals surface area contributed by atoms with Crippen molar-refractivity contribution in [2.24, 2.45) is 0 Å². The highest BCUT2D eigenvalue weighted by Gasteiger charge is 2.22. The number of hydrogen-bond donors (Lipinski definition) is 0. The number of esters is 1. The fraction of sp³-hybridized carbons (Fsp3) is 0.750. The number of imide groups is 1. The zero-order chi connectivity index (χ0) is 22.6. The van der Waals surface area contributed by atoms with Crippen LogP contribution in [0.1, 0.15) is 6.92 Å². The fourth-order valence-electron chi connectivity index (χ4n) is 2.25. The van der Waals surface area contributed by atoms with Crippen molar-refractivity contribution in [1.82, 2.24) is 4.90 Å². The standard InChI is InChI=1S/C20H33NO10/c1-18(22)31-17-16-30-15-14-29-13-12-28-11-10-27-9-8-26-7-6-25-5-4-21-19(23)2-3-20(21)24/h2-3H,4-17H2,1H3. The molecular weight excluding hydrogens is 414 g/mol. The number of hydrogen-bond acceptors (Lipinski definition) is 10. The molecule has 0 spiro atoms. The predicted octanol–water partition coefficient (Wildman–Crippen LogP) is -0.426. The van der Waals surface area contributed by atoms with E-state index in [2.05, 4.69) is 0 Å². The van der Waals surface area contributed by atoms with E-state index in [4.69, 9.17) is 33.2 Å². The van der Waals surface area contributed by atoms with Crippen LogP contribution >= 0.6 is 0 Å². The second-order valence-electron chi connectivity index (χ2n) is 6.18. The van der Waals surface area contributed by atoms with E-state index in [9.17, 15) is 14.4 Å². The van der Waals surface area contributed by atoms with Crippen LogP contribution < -0.4 is 0 Å². The molecule has 11 nitrogen and oxygen atoms in total. The Balaban J connectivity index is 1.69. The molecule has 1 heterocycles. The van der Waals surface area contributed by atoms with E-state index in [1.54, 1.807) is 0 Å². The summed E-state index contributed by atoms with van der Waals surface area (Å²) in [4.78, 5) is 34.3. The van der Waals surface area contributed by atoms with Crippen molar-refractivity contribution in [3.63, 3.8) is 0 Å². The molecule has 0 aromatic carbocycles. The molecule has 1 aliphatic heterocycles. The first-order valence-electron chi connectivity index (χ1n) is 10.2. The number of nitrogens with zero attached hydrogens (tertiary/aromatic N) is 1. The Morgan fingerprint density at radius 3 is 1.29 bits per heavy atom. The summed E-state index contributed by atoms with van der Waals surface area (Å²) >= 11 is 0. The molecular formula is C20H33NO10. The molecule has 0 N–H and O–H groups in total. The molecule has 0 aliphatic carbocycles. The Labute approximate surface area is 182 Å². The SMILES string of the molecule is CC(=O)OCCOCCOCCOCCOCCOCCOCCN1C(=O)C=CC1=O. The fourth-order valence-corrected chi connectivity index (χ4v) is 2.25. The lowest BCUT2D eigenvalue weighted by molar-refractivity contribution is -0.142. The van der Waals surface area contributed by atoms with Crippen LogP contribution in [-0.4, -0.2) is 115 Å². The molecule has 2 amide bonds. The Morgan fingerprint density at radius 1 is 0.613 bits per heavy atom. The van der Waals surface area contributed by atoms with Crippen LogP contribution in [0.5, 0.6) is 0 Å². The summed E-state index contributed by atoms with van der Waals surface area (Å²) in [6, 6.07) is 0. The number of carbonyl (C=O) groups excluding carboxylic acids is 3. The molecule has 0 radical (unpaired) electrons. The van der Waals surface area contributed by atoms with Gasteiger partial charge in [0.25, 0.3) is 11.8 Å². The molecule has 0 atom stereocenters. The van der Waals surface area contributed by atoms with Crippen molar-refractivity contribution in [1.29, 1.82) is 0 Å². The van der Waals surface area contributed by atoms with E-state index in [-0.39, 0.29) is 37.5 Å². The Morgan fingerprint density at radius 2 is 0.935 bits per heavy atom. The third-order valence-electron chi connectivity index (χ3n) is 3.75.